The van der Waals surface area contributed by atoms with Crippen molar-refractivity contribution in [3.63, 3.8) is 0 Å². The molecule has 8 heteroatoms. The van der Waals surface area contributed by atoms with E-state index in [1.165, 1.54) is 0 Å². The Bertz CT molecular complexity index is 1040. The molecule has 0 aliphatic heterocycles. The lowest BCUT2D eigenvalue weighted by atomic mass is 10.1. The first kappa shape index (κ1) is 19.9. The lowest BCUT2D eigenvalue weighted by molar-refractivity contribution is 0.102. The summed E-state index contributed by atoms with van der Waals surface area (Å²) >= 11 is 0. The molecule has 1 atom stereocenters. The van der Waals surface area contributed by atoms with Crippen molar-refractivity contribution in [2.24, 2.45) is 7.05 Å². The van der Waals surface area contributed by atoms with Crippen molar-refractivity contribution < 1.29 is 19.4 Å². The summed E-state index contributed by atoms with van der Waals surface area (Å²) < 4.78 is 13.1. The third kappa shape index (κ3) is 5.34. The summed E-state index contributed by atoms with van der Waals surface area (Å²) in [5, 5.41) is 25.0. The summed E-state index contributed by atoms with van der Waals surface area (Å²) in [6.07, 6.45) is 1.27. The number of hydrogen-bond donors (Lipinski definition) is 2. The number of amides is 1. The van der Waals surface area contributed by atoms with Crippen LogP contribution in [0.3, 0.4) is 0 Å². The molecule has 1 amide bonds. The minimum atomic E-state index is -0.452. The van der Waals surface area contributed by atoms with Crippen molar-refractivity contribution >= 4 is 11.7 Å². The zero-order valence-corrected chi connectivity index (χ0v) is 16.0. The number of aryl methyl sites for hydroxylation is 1. The molecule has 0 saturated heterocycles. The fourth-order valence-electron chi connectivity index (χ4n) is 2.50. The van der Waals surface area contributed by atoms with Gasteiger partial charge in [-0.1, -0.05) is 0 Å². The molecule has 3 rings (SSSR count). The number of carbonyl (C=O) groups excluding carboxylic acids is 1. The van der Waals surface area contributed by atoms with Crippen LogP contribution in [0, 0.1) is 11.3 Å². The maximum absolute atomic E-state index is 12.7. The Labute approximate surface area is 167 Å². The molecule has 0 aliphatic carbocycles. The van der Waals surface area contributed by atoms with Crippen LogP contribution in [-0.2, 0) is 7.05 Å². The Hall–Kier alpha value is -3.83. The molecule has 0 aliphatic rings. The number of carbonyl (C=O) groups is 1. The third-order valence-corrected chi connectivity index (χ3v) is 3.91. The molecule has 0 unspecified atom stereocenters. The van der Waals surface area contributed by atoms with E-state index in [2.05, 4.69) is 10.4 Å². The molecule has 0 spiro atoms. The summed E-state index contributed by atoms with van der Waals surface area (Å²) in [5.41, 5.74) is 0.823. The topological polar surface area (TPSA) is 109 Å². The quantitative estimate of drug-likeness (QED) is 0.639. The third-order valence-electron chi connectivity index (χ3n) is 3.91. The summed E-state index contributed by atoms with van der Waals surface area (Å²) in [6, 6.07) is 15.1. The fraction of sp³-hybridized carbons (Fsp3) is 0.190. The SMILES string of the molecule is C[C@@H](CO)Oc1cc(Oc2ccc(C#N)cc2)cc(C(=O)Nc2ccn(C)n2)c1. The number of aromatic nitrogens is 2. The van der Waals surface area contributed by atoms with Gasteiger partial charge >= 0.3 is 0 Å². The van der Waals surface area contributed by atoms with Gasteiger partial charge in [-0.25, -0.2) is 0 Å². The van der Waals surface area contributed by atoms with Crippen LogP contribution in [-0.4, -0.2) is 33.5 Å². The molecule has 0 bridgehead atoms. The number of nitrogens with one attached hydrogen (secondary N) is 1. The lowest BCUT2D eigenvalue weighted by Crippen LogP contribution is -2.17. The second-order valence-electron chi connectivity index (χ2n) is 6.37. The van der Waals surface area contributed by atoms with Gasteiger partial charge in [0.1, 0.15) is 23.4 Å². The van der Waals surface area contributed by atoms with Gasteiger partial charge in [-0.15, -0.1) is 0 Å². The Morgan fingerprint density at radius 1 is 1.21 bits per heavy atom. The Balaban J connectivity index is 1.87. The van der Waals surface area contributed by atoms with Gasteiger partial charge in [-0.3, -0.25) is 9.48 Å². The van der Waals surface area contributed by atoms with Crippen LogP contribution in [0.2, 0.25) is 0 Å². The molecule has 8 nitrogen and oxygen atoms in total. The largest absolute Gasteiger partial charge is 0.488 e. The highest BCUT2D eigenvalue weighted by atomic mass is 16.5. The first-order valence-electron chi connectivity index (χ1n) is 8.88. The van der Waals surface area contributed by atoms with Crippen LogP contribution in [0.15, 0.2) is 54.7 Å². The predicted molar refractivity (Wildman–Crippen MR) is 106 cm³/mol. The van der Waals surface area contributed by atoms with E-state index < -0.39 is 6.10 Å². The van der Waals surface area contributed by atoms with Gasteiger partial charge in [0.15, 0.2) is 5.82 Å². The molecule has 0 saturated carbocycles. The van der Waals surface area contributed by atoms with Crippen LogP contribution >= 0.6 is 0 Å². The van der Waals surface area contributed by atoms with Gasteiger partial charge in [0.05, 0.1) is 18.2 Å². The second-order valence-corrected chi connectivity index (χ2v) is 6.37. The first-order chi connectivity index (χ1) is 14.0. The molecule has 0 radical (unpaired) electrons. The van der Waals surface area contributed by atoms with E-state index in [1.54, 1.807) is 73.4 Å². The van der Waals surface area contributed by atoms with E-state index in [4.69, 9.17) is 14.7 Å². The fourth-order valence-corrected chi connectivity index (χ4v) is 2.50. The molecule has 2 aromatic carbocycles. The highest BCUT2D eigenvalue weighted by Crippen LogP contribution is 2.28. The molecule has 2 N–H and O–H groups in total. The minimum absolute atomic E-state index is 0.170. The normalized spacial score (nSPS) is 11.4. The monoisotopic (exact) mass is 392 g/mol. The maximum atomic E-state index is 12.7. The highest BCUT2D eigenvalue weighted by Gasteiger charge is 2.14. The molecule has 1 heterocycles. The predicted octanol–water partition coefficient (Wildman–Crippen LogP) is 3.10. The zero-order valence-electron chi connectivity index (χ0n) is 16.0. The zero-order chi connectivity index (χ0) is 20.8. The van der Waals surface area contributed by atoms with Crippen LogP contribution in [0.5, 0.6) is 17.2 Å². The van der Waals surface area contributed by atoms with Crippen LogP contribution in [0.1, 0.15) is 22.8 Å². The number of aliphatic hydroxyl groups is 1. The standard InChI is InChI=1S/C21H20N4O4/c1-14(13-26)28-18-9-16(21(27)23-20-7-8-25(2)24-20)10-19(11-18)29-17-5-3-15(12-22)4-6-17/h3-11,14,26H,13H2,1-2H3,(H,23,24,27)/t14-/m0/s1. The number of nitriles is 1. The van der Waals surface area contributed by atoms with E-state index in [-0.39, 0.29) is 12.5 Å². The van der Waals surface area contributed by atoms with Gasteiger partial charge < -0.3 is 19.9 Å². The van der Waals surface area contributed by atoms with Crippen molar-refractivity contribution in [1.82, 2.24) is 9.78 Å². The van der Waals surface area contributed by atoms with Crippen molar-refractivity contribution in [1.29, 1.82) is 5.26 Å². The van der Waals surface area contributed by atoms with Gasteiger partial charge in [0.25, 0.3) is 5.91 Å². The summed E-state index contributed by atoms with van der Waals surface area (Å²) in [6.45, 7) is 1.54. The second kappa shape index (κ2) is 8.91. The number of aliphatic hydroxyl groups excluding tert-OH is 1. The lowest BCUT2D eigenvalue weighted by Gasteiger charge is -2.15. The maximum Gasteiger partial charge on any atom is 0.257 e. The number of anilines is 1. The molecule has 1 aromatic heterocycles. The Morgan fingerprint density at radius 3 is 2.55 bits per heavy atom. The Kier molecular flexibility index (Phi) is 6.12. The van der Waals surface area contributed by atoms with Crippen molar-refractivity contribution in [3.05, 3.63) is 65.9 Å². The van der Waals surface area contributed by atoms with E-state index in [0.29, 0.717) is 34.2 Å². The van der Waals surface area contributed by atoms with Crippen molar-refractivity contribution in [3.8, 4) is 23.3 Å². The smallest absolute Gasteiger partial charge is 0.257 e. The average Bonchev–Trinajstić information content (AvgIpc) is 3.12. The van der Waals surface area contributed by atoms with Gasteiger partial charge in [-0.2, -0.15) is 10.4 Å². The van der Waals surface area contributed by atoms with Crippen molar-refractivity contribution in [2.45, 2.75) is 13.0 Å². The minimum Gasteiger partial charge on any atom is -0.488 e. The van der Waals surface area contributed by atoms with E-state index in [9.17, 15) is 9.90 Å². The molecule has 0 fully saturated rings. The van der Waals surface area contributed by atoms with Crippen LogP contribution < -0.4 is 14.8 Å². The molecule has 29 heavy (non-hydrogen) atoms. The van der Waals surface area contributed by atoms with Crippen LogP contribution in [0.25, 0.3) is 0 Å². The molecule has 3 aromatic rings. The van der Waals surface area contributed by atoms with Gasteiger partial charge in [-0.05, 0) is 43.3 Å². The van der Waals surface area contributed by atoms with Gasteiger partial charge in [0.2, 0.25) is 0 Å². The van der Waals surface area contributed by atoms with E-state index in [0.717, 1.165) is 0 Å². The number of nitrogens with zero attached hydrogens (tertiary/aromatic N) is 3. The Morgan fingerprint density at radius 2 is 1.93 bits per heavy atom. The first-order valence-corrected chi connectivity index (χ1v) is 8.88. The number of hydrogen-bond acceptors (Lipinski definition) is 6. The summed E-state index contributed by atoms with van der Waals surface area (Å²) in [5.74, 6) is 1.30. The number of ether oxygens (including phenoxy) is 2. The molecular weight excluding hydrogens is 372 g/mol. The van der Waals surface area contributed by atoms with Crippen LogP contribution in [0.4, 0.5) is 5.82 Å². The summed E-state index contributed by atoms with van der Waals surface area (Å²) in [4.78, 5) is 12.7. The molecule has 148 valence electrons. The van der Waals surface area contributed by atoms with E-state index in [1.807, 2.05) is 6.07 Å². The number of benzene rings is 2. The number of rotatable bonds is 7. The molecular formula is C21H20N4O4. The highest BCUT2D eigenvalue weighted by molar-refractivity contribution is 6.04. The van der Waals surface area contributed by atoms with E-state index >= 15 is 0 Å². The average molecular weight is 392 g/mol. The van der Waals surface area contributed by atoms with Gasteiger partial charge in [0, 0.05) is 30.9 Å². The summed E-state index contributed by atoms with van der Waals surface area (Å²) in [7, 11) is 1.75. The van der Waals surface area contributed by atoms with Crippen molar-refractivity contribution in [2.75, 3.05) is 11.9 Å².